The lowest BCUT2D eigenvalue weighted by Crippen LogP contribution is -2.19. The third kappa shape index (κ3) is 7.23. The molecule has 0 fully saturated rings. The van der Waals surface area contributed by atoms with Gasteiger partial charge in [0.05, 0.1) is 0 Å². The molecule has 0 radical (unpaired) electrons. The number of nitrogens with one attached hydrogen (secondary N) is 1. The molecule has 74 valence electrons. The van der Waals surface area contributed by atoms with Crippen LogP contribution >= 0.6 is 6.19 Å². The largest absolute Gasteiger partial charge is 0.309 e. The first-order valence-electron chi connectivity index (χ1n) is 4.44. The number of hydrogen-bond acceptors (Lipinski definition) is 2. The van der Waals surface area contributed by atoms with Crippen molar-refractivity contribution >= 4 is 18.0 Å². The fourth-order valence-electron chi connectivity index (χ4n) is 0.823. The highest BCUT2D eigenvalue weighted by molar-refractivity contribution is 8.13. The van der Waals surface area contributed by atoms with Gasteiger partial charge in [0, 0.05) is 12.7 Å². The van der Waals surface area contributed by atoms with Gasteiger partial charge >= 0.3 is 0 Å². The first-order valence-corrected chi connectivity index (χ1v) is 7.88. The van der Waals surface area contributed by atoms with Crippen molar-refractivity contribution in [2.45, 2.75) is 13.3 Å². The molecule has 1 atom stereocenters. The van der Waals surface area contributed by atoms with Crippen molar-refractivity contribution in [2.75, 3.05) is 40.0 Å². The predicted octanol–water partition coefficient (Wildman–Crippen LogP) is 1.57. The lowest BCUT2D eigenvalue weighted by molar-refractivity contribution is 0.401. The molecule has 2 nitrogen and oxygen atoms in total. The minimum atomic E-state index is -1.17. The maximum Gasteiger partial charge on any atom is 0.00922 e. The highest BCUT2D eigenvalue weighted by atomic mass is 32.4. The van der Waals surface area contributed by atoms with Gasteiger partial charge in [-0.15, -0.1) is 0 Å². The van der Waals surface area contributed by atoms with Crippen LogP contribution in [0, 0.1) is 0 Å². The average Bonchev–Trinajstić information content (AvgIpc) is 1.98. The molecule has 1 N–H and O–H groups in total. The Morgan fingerprint density at radius 3 is 2.42 bits per heavy atom. The van der Waals surface area contributed by atoms with Gasteiger partial charge in [-0.25, -0.2) is 0 Å². The van der Waals surface area contributed by atoms with Gasteiger partial charge in [0.2, 0.25) is 0 Å². The van der Waals surface area contributed by atoms with Crippen LogP contribution in [0.2, 0.25) is 0 Å². The first-order chi connectivity index (χ1) is 5.48. The van der Waals surface area contributed by atoms with Gasteiger partial charge in [-0.2, -0.15) is 0 Å². The SMILES string of the molecule is CCP(C)(=S)NCCCN(C)C. The predicted molar refractivity (Wildman–Crippen MR) is 61.9 cm³/mol. The number of hydrogen-bond donors (Lipinski definition) is 1. The molecule has 0 aliphatic carbocycles. The molecule has 0 aliphatic rings. The van der Waals surface area contributed by atoms with Crippen LogP contribution < -0.4 is 5.09 Å². The Morgan fingerprint density at radius 1 is 1.42 bits per heavy atom. The second-order valence-corrected chi connectivity index (χ2v) is 9.05. The van der Waals surface area contributed by atoms with Crippen molar-refractivity contribution in [3.05, 3.63) is 0 Å². The highest BCUT2D eigenvalue weighted by Gasteiger charge is 2.04. The van der Waals surface area contributed by atoms with Crippen LogP contribution in [0.5, 0.6) is 0 Å². The Hall–Kier alpha value is 0.570. The van der Waals surface area contributed by atoms with E-state index in [-0.39, 0.29) is 0 Å². The smallest absolute Gasteiger partial charge is 0.00922 e. The molecule has 0 spiro atoms. The quantitative estimate of drug-likeness (QED) is 0.527. The van der Waals surface area contributed by atoms with Crippen molar-refractivity contribution in [3.63, 3.8) is 0 Å². The zero-order valence-corrected chi connectivity index (χ0v) is 10.3. The summed E-state index contributed by atoms with van der Waals surface area (Å²) >= 11 is 5.41. The Balaban J connectivity index is 3.38. The normalized spacial score (nSPS) is 16.4. The second kappa shape index (κ2) is 6.09. The summed E-state index contributed by atoms with van der Waals surface area (Å²) in [5.74, 6) is 0. The van der Waals surface area contributed by atoms with Crippen molar-refractivity contribution in [2.24, 2.45) is 0 Å². The maximum atomic E-state index is 5.41. The Morgan fingerprint density at radius 2 is 2.00 bits per heavy atom. The molecule has 0 heterocycles. The third-order valence-corrected chi connectivity index (χ3v) is 5.09. The molecule has 0 rings (SSSR count). The van der Waals surface area contributed by atoms with Gasteiger partial charge < -0.3 is 4.90 Å². The monoisotopic (exact) mass is 208 g/mol. The lowest BCUT2D eigenvalue weighted by Gasteiger charge is -2.17. The van der Waals surface area contributed by atoms with Crippen LogP contribution in [0.1, 0.15) is 13.3 Å². The molecule has 0 saturated carbocycles. The third-order valence-electron chi connectivity index (χ3n) is 1.83. The fourth-order valence-corrected chi connectivity index (χ4v) is 1.95. The van der Waals surface area contributed by atoms with Crippen LogP contribution in [0.3, 0.4) is 0 Å². The number of nitrogens with zero attached hydrogens (tertiary/aromatic N) is 1. The van der Waals surface area contributed by atoms with E-state index in [1.54, 1.807) is 0 Å². The maximum absolute atomic E-state index is 5.41. The van der Waals surface area contributed by atoms with Crippen molar-refractivity contribution in [1.82, 2.24) is 9.99 Å². The summed E-state index contributed by atoms with van der Waals surface area (Å²) in [7, 11) is 4.20. The van der Waals surface area contributed by atoms with Crippen LogP contribution in [0.25, 0.3) is 0 Å². The minimum Gasteiger partial charge on any atom is -0.309 e. The highest BCUT2D eigenvalue weighted by Crippen LogP contribution is 2.34. The topological polar surface area (TPSA) is 15.3 Å². The zero-order chi connectivity index (χ0) is 9.61. The molecule has 0 aromatic heterocycles. The van der Waals surface area contributed by atoms with Gasteiger partial charge in [-0.05, 0) is 39.9 Å². The van der Waals surface area contributed by atoms with E-state index in [4.69, 9.17) is 11.8 Å². The molecule has 0 aromatic carbocycles. The summed E-state index contributed by atoms with van der Waals surface area (Å²) in [6.45, 7) is 6.56. The van der Waals surface area contributed by atoms with Gasteiger partial charge in [0.25, 0.3) is 0 Å². The lowest BCUT2D eigenvalue weighted by atomic mass is 10.4. The Labute approximate surface area is 81.8 Å². The van der Waals surface area contributed by atoms with E-state index in [0.717, 1.165) is 19.3 Å². The standard InChI is InChI=1S/C8H21N2PS/c1-5-11(4,12)9-7-6-8-10(2)3/h5-8H2,1-4H3,(H,9,12). The molecule has 0 aromatic rings. The molecular weight excluding hydrogens is 187 g/mol. The molecule has 1 unspecified atom stereocenters. The van der Waals surface area contributed by atoms with E-state index in [2.05, 4.69) is 37.7 Å². The molecular formula is C8H21N2PS. The van der Waals surface area contributed by atoms with E-state index >= 15 is 0 Å². The molecule has 4 heteroatoms. The van der Waals surface area contributed by atoms with E-state index in [9.17, 15) is 0 Å². The summed E-state index contributed by atoms with van der Waals surface area (Å²) < 4.78 is 0. The summed E-state index contributed by atoms with van der Waals surface area (Å²) in [6.07, 6.45) is 1.14. The summed E-state index contributed by atoms with van der Waals surface area (Å²) in [4.78, 5) is 2.20. The van der Waals surface area contributed by atoms with Crippen molar-refractivity contribution in [1.29, 1.82) is 0 Å². The first kappa shape index (κ1) is 12.6. The molecule has 12 heavy (non-hydrogen) atoms. The van der Waals surface area contributed by atoms with Crippen LogP contribution in [0.4, 0.5) is 0 Å². The minimum absolute atomic E-state index is 1.07. The molecule has 0 amide bonds. The van der Waals surface area contributed by atoms with Gasteiger partial charge in [-0.1, -0.05) is 18.7 Å². The second-order valence-electron chi connectivity index (χ2n) is 3.48. The van der Waals surface area contributed by atoms with Gasteiger partial charge in [-0.3, -0.25) is 5.09 Å². The summed E-state index contributed by atoms with van der Waals surface area (Å²) in [5.41, 5.74) is 0. The van der Waals surface area contributed by atoms with E-state index in [1.807, 2.05) is 0 Å². The van der Waals surface area contributed by atoms with Crippen molar-refractivity contribution < 1.29 is 0 Å². The summed E-state index contributed by atoms with van der Waals surface area (Å²) in [6, 6.07) is 0. The number of rotatable bonds is 6. The van der Waals surface area contributed by atoms with E-state index in [0.29, 0.717) is 0 Å². The molecule has 0 aliphatic heterocycles. The van der Waals surface area contributed by atoms with Gasteiger partial charge in [0.1, 0.15) is 0 Å². The molecule has 0 bridgehead atoms. The Kier molecular flexibility index (Phi) is 6.38. The van der Waals surface area contributed by atoms with Crippen LogP contribution in [-0.2, 0) is 11.8 Å². The van der Waals surface area contributed by atoms with Crippen LogP contribution in [0.15, 0.2) is 0 Å². The summed E-state index contributed by atoms with van der Waals surface area (Å²) in [5, 5.41) is 3.46. The average molecular weight is 208 g/mol. The van der Waals surface area contributed by atoms with Crippen molar-refractivity contribution in [3.8, 4) is 0 Å². The Bertz CT molecular complexity index is 159. The van der Waals surface area contributed by atoms with Gasteiger partial charge in [0.15, 0.2) is 0 Å². The van der Waals surface area contributed by atoms with E-state index < -0.39 is 6.19 Å². The zero-order valence-electron chi connectivity index (χ0n) is 8.63. The molecule has 0 saturated heterocycles. The van der Waals surface area contributed by atoms with E-state index in [1.165, 1.54) is 6.42 Å². The van der Waals surface area contributed by atoms with Crippen LogP contribution in [-0.4, -0.2) is 44.9 Å². The fraction of sp³-hybridized carbons (Fsp3) is 1.00.